The van der Waals surface area contributed by atoms with E-state index in [1.807, 2.05) is 17.8 Å². The highest BCUT2D eigenvalue weighted by molar-refractivity contribution is 5.82. The van der Waals surface area contributed by atoms with Crippen LogP contribution in [-0.4, -0.2) is 53.9 Å². The Morgan fingerprint density at radius 3 is 2.90 bits per heavy atom. The average Bonchev–Trinajstić information content (AvgIpc) is 3.05. The van der Waals surface area contributed by atoms with Gasteiger partial charge >= 0.3 is 5.97 Å². The number of aliphatic imine (C=N–C) groups is 1. The highest BCUT2D eigenvalue weighted by Crippen LogP contribution is 2.24. The maximum Gasteiger partial charge on any atom is 0.310 e. The van der Waals surface area contributed by atoms with Gasteiger partial charge in [0.05, 0.1) is 25.3 Å². The molecule has 0 saturated carbocycles. The molecule has 0 spiro atoms. The largest absolute Gasteiger partial charge is 0.469 e. The molecular weight excluding hydrogens is 270 g/mol. The molecule has 2 unspecified atom stereocenters. The molecule has 2 heterocycles. The van der Waals surface area contributed by atoms with E-state index in [0.717, 1.165) is 18.2 Å². The van der Waals surface area contributed by atoms with Crippen LogP contribution in [0, 0.1) is 11.8 Å². The molecule has 1 fully saturated rings. The van der Waals surface area contributed by atoms with Gasteiger partial charge < -0.3 is 15.0 Å². The number of aryl methyl sites for hydroxylation is 1. The fraction of sp³-hybridized carbons (Fsp3) is 0.643. The van der Waals surface area contributed by atoms with Crippen LogP contribution in [0.25, 0.3) is 0 Å². The van der Waals surface area contributed by atoms with Crippen molar-refractivity contribution in [1.29, 1.82) is 0 Å². The lowest BCUT2D eigenvalue weighted by molar-refractivity contribution is -0.145. The Bertz CT molecular complexity index is 525. The van der Waals surface area contributed by atoms with Crippen molar-refractivity contribution in [3.8, 4) is 0 Å². The quantitative estimate of drug-likeness (QED) is 0.491. The number of methoxy groups -OCH3 is 1. The van der Waals surface area contributed by atoms with Gasteiger partial charge in [0.1, 0.15) is 0 Å². The second-order valence-electron chi connectivity index (χ2n) is 5.36. The fourth-order valence-electron chi connectivity index (χ4n) is 2.67. The lowest BCUT2D eigenvalue weighted by atomic mass is 9.99. The molecule has 0 radical (unpaired) electrons. The molecule has 2 rings (SSSR count). The third kappa shape index (κ3) is 3.34. The summed E-state index contributed by atoms with van der Waals surface area (Å²) in [7, 11) is 5.10. The minimum absolute atomic E-state index is 0.0924. The Labute approximate surface area is 125 Å². The van der Waals surface area contributed by atoms with Crippen molar-refractivity contribution in [3.63, 3.8) is 0 Å². The van der Waals surface area contributed by atoms with Gasteiger partial charge in [-0.25, -0.2) is 0 Å². The van der Waals surface area contributed by atoms with E-state index in [1.54, 1.807) is 13.2 Å². The molecule has 116 valence electrons. The summed E-state index contributed by atoms with van der Waals surface area (Å²) in [4.78, 5) is 18.2. The molecule has 1 N–H and O–H groups in total. The van der Waals surface area contributed by atoms with Crippen molar-refractivity contribution in [2.75, 3.05) is 27.2 Å². The Hall–Kier alpha value is -2.05. The van der Waals surface area contributed by atoms with Gasteiger partial charge in [-0.05, 0) is 12.0 Å². The fourth-order valence-corrected chi connectivity index (χ4v) is 2.67. The molecule has 2 atom stereocenters. The zero-order valence-electron chi connectivity index (χ0n) is 13.0. The van der Waals surface area contributed by atoms with Gasteiger partial charge in [0.25, 0.3) is 0 Å². The summed E-state index contributed by atoms with van der Waals surface area (Å²) in [5.74, 6) is 0.819. The highest BCUT2D eigenvalue weighted by Gasteiger charge is 2.36. The first kappa shape index (κ1) is 15.3. The second kappa shape index (κ2) is 6.60. The molecule has 7 heteroatoms. The molecule has 1 saturated heterocycles. The van der Waals surface area contributed by atoms with Crippen molar-refractivity contribution in [3.05, 3.63) is 18.0 Å². The predicted molar refractivity (Wildman–Crippen MR) is 79.6 cm³/mol. The SMILES string of the molecule is CN=C(NCc1ccnn1C)N1CC(C)C(C(=O)OC)C1. The van der Waals surface area contributed by atoms with Crippen molar-refractivity contribution < 1.29 is 9.53 Å². The summed E-state index contributed by atoms with van der Waals surface area (Å²) in [5.41, 5.74) is 1.08. The van der Waals surface area contributed by atoms with E-state index >= 15 is 0 Å². The number of nitrogens with one attached hydrogen (secondary N) is 1. The number of hydrogen-bond donors (Lipinski definition) is 1. The topological polar surface area (TPSA) is 71.8 Å². The van der Waals surface area contributed by atoms with Crippen LogP contribution in [0.5, 0.6) is 0 Å². The minimum Gasteiger partial charge on any atom is -0.469 e. The predicted octanol–water partition coefficient (Wildman–Crippen LogP) is 0.236. The molecule has 7 nitrogen and oxygen atoms in total. The van der Waals surface area contributed by atoms with Crippen LogP contribution >= 0.6 is 0 Å². The van der Waals surface area contributed by atoms with Crippen molar-refractivity contribution in [2.45, 2.75) is 13.5 Å². The zero-order valence-corrected chi connectivity index (χ0v) is 13.0. The molecule has 0 aliphatic carbocycles. The first-order valence-corrected chi connectivity index (χ1v) is 7.07. The highest BCUT2D eigenvalue weighted by atomic mass is 16.5. The Balaban J connectivity index is 1.96. The van der Waals surface area contributed by atoms with Gasteiger partial charge in [0.15, 0.2) is 5.96 Å². The van der Waals surface area contributed by atoms with Crippen LogP contribution in [0.2, 0.25) is 0 Å². The normalized spacial score (nSPS) is 22.5. The van der Waals surface area contributed by atoms with E-state index < -0.39 is 0 Å². The standard InChI is InChI=1S/C14H23N5O2/c1-10-8-19(9-12(10)13(20)21-4)14(15-2)16-7-11-5-6-17-18(11)3/h5-6,10,12H,7-9H2,1-4H3,(H,15,16). The number of likely N-dealkylation sites (tertiary alicyclic amines) is 1. The molecular formula is C14H23N5O2. The van der Waals surface area contributed by atoms with E-state index in [2.05, 4.69) is 27.2 Å². The number of guanidine groups is 1. The van der Waals surface area contributed by atoms with E-state index in [9.17, 15) is 4.79 Å². The number of esters is 1. The summed E-state index contributed by atoms with van der Waals surface area (Å²) < 4.78 is 6.69. The Morgan fingerprint density at radius 1 is 1.57 bits per heavy atom. The molecule has 1 aliphatic rings. The third-order valence-corrected chi connectivity index (χ3v) is 3.98. The van der Waals surface area contributed by atoms with E-state index in [1.165, 1.54) is 7.11 Å². The van der Waals surface area contributed by atoms with Crippen molar-refractivity contribution in [2.24, 2.45) is 23.9 Å². The van der Waals surface area contributed by atoms with Crippen molar-refractivity contribution in [1.82, 2.24) is 20.0 Å². The number of aromatic nitrogens is 2. The molecule has 0 amide bonds. The maximum atomic E-state index is 11.7. The van der Waals surface area contributed by atoms with Gasteiger partial charge in [0, 0.05) is 33.4 Å². The van der Waals surface area contributed by atoms with E-state index in [-0.39, 0.29) is 17.8 Å². The van der Waals surface area contributed by atoms with E-state index in [4.69, 9.17) is 4.74 Å². The number of rotatable bonds is 3. The van der Waals surface area contributed by atoms with Crippen LogP contribution in [0.4, 0.5) is 0 Å². The molecule has 1 aliphatic heterocycles. The van der Waals surface area contributed by atoms with Gasteiger partial charge in [-0.1, -0.05) is 6.92 Å². The van der Waals surface area contributed by atoms with Crippen LogP contribution < -0.4 is 5.32 Å². The number of nitrogens with zero attached hydrogens (tertiary/aromatic N) is 4. The van der Waals surface area contributed by atoms with E-state index in [0.29, 0.717) is 13.1 Å². The summed E-state index contributed by atoms with van der Waals surface area (Å²) in [6.07, 6.45) is 1.77. The van der Waals surface area contributed by atoms with Crippen LogP contribution in [0.1, 0.15) is 12.6 Å². The average molecular weight is 293 g/mol. The number of carbonyl (C=O) groups excluding carboxylic acids is 1. The lowest BCUT2D eigenvalue weighted by Gasteiger charge is -2.21. The molecule has 1 aromatic rings. The number of hydrogen-bond acceptors (Lipinski definition) is 4. The van der Waals surface area contributed by atoms with Gasteiger partial charge in [-0.3, -0.25) is 14.5 Å². The summed E-state index contributed by atoms with van der Waals surface area (Å²) in [6.45, 7) is 4.15. The summed E-state index contributed by atoms with van der Waals surface area (Å²) >= 11 is 0. The molecule has 0 bridgehead atoms. The van der Waals surface area contributed by atoms with Crippen LogP contribution in [0.15, 0.2) is 17.3 Å². The zero-order chi connectivity index (χ0) is 15.4. The van der Waals surface area contributed by atoms with Gasteiger partial charge in [0.2, 0.25) is 0 Å². The van der Waals surface area contributed by atoms with Crippen molar-refractivity contribution >= 4 is 11.9 Å². The smallest absolute Gasteiger partial charge is 0.310 e. The number of carbonyl (C=O) groups is 1. The minimum atomic E-state index is -0.146. The third-order valence-electron chi connectivity index (χ3n) is 3.98. The number of ether oxygens (including phenoxy) is 1. The lowest BCUT2D eigenvalue weighted by Crippen LogP contribution is -2.40. The summed E-state index contributed by atoms with van der Waals surface area (Å²) in [5, 5.41) is 7.45. The second-order valence-corrected chi connectivity index (χ2v) is 5.36. The molecule has 21 heavy (non-hydrogen) atoms. The van der Waals surface area contributed by atoms with Gasteiger partial charge in [-0.2, -0.15) is 5.10 Å². The van der Waals surface area contributed by atoms with Crippen LogP contribution in [-0.2, 0) is 23.1 Å². The Morgan fingerprint density at radius 2 is 2.33 bits per heavy atom. The monoisotopic (exact) mass is 293 g/mol. The first-order chi connectivity index (χ1) is 10.1. The van der Waals surface area contributed by atoms with Crippen LogP contribution in [0.3, 0.4) is 0 Å². The Kier molecular flexibility index (Phi) is 4.82. The molecule has 0 aromatic carbocycles. The molecule has 1 aromatic heterocycles. The maximum absolute atomic E-state index is 11.7. The summed E-state index contributed by atoms with van der Waals surface area (Å²) in [6, 6.07) is 1.96. The first-order valence-electron chi connectivity index (χ1n) is 7.07. The van der Waals surface area contributed by atoms with Gasteiger partial charge in [-0.15, -0.1) is 0 Å².